The lowest BCUT2D eigenvalue weighted by atomic mass is 10.1. The molecule has 0 bridgehead atoms. The summed E-state index contributed by atoms with van der Waals surface area (Å²) >= 11 is -2.46. The maximum Gasteiger partial charge on any atom is 0.416 e. The largest absolute Gasteiger partial charge is 0.768 e. The van der Waals surface area contributed by atoms with E-state index in [4.69, 9.17) is 11.0 Å². The second kappa shape index (κ2) is 7.38. The first-order valence-electron chi connectivity index (χ1n) is 6.75. The van der Waals surface area contributed by atoms with Gasteiger partial charge in [-0.1, -0.05) is 6.07 Å². The average Bonchev–Trinajstić information content (AvgIpc) is 2.99. The molecular formula is C16H11F3N3O2S-. The van der Waals surface area contributed by atoms with Gasteiger partial charge in [0.05, 0.1) is 22.1 Å². The Balaban J connectivity index is 0.000000212. The highest BCUT2D eigenvalue weighted by molar-refractivity contribution is 7.79. The molecule has 1 aromatic heterocycles. The van der Waals surface area contributed by atoms with Gasteiger partial charge in [-0.3, -0.25) is 4.21 Å². The van der Waals surface area contributed by atoms with Crippen LogP contribution in [-0.4, -0.2) is 13.7 Å². The van der Waals surface area contributed by atoms with Gasteiger partial charge in [-0.15, -0.1) is 0 Å². The number of nitriles is 1. The second-order valence-electron chi connectivity index (χ2n) is 4.88. The molecule has 0 aliphatic heterocycles. The fourth-order valence-corrected chi connectivity index (χ4v) is 2.48. The van der Waals surface area contributed by atoms with Gasteiger partial charge in [0.25, 0.3) is 0 Å². The smallest absolute Gasteiger partial charge is 0.416 e. The van der Waals surface area contributed by atoms with Crippen LogP contribution in [0.2, 0.25) is 0 Å². The lowest BCUT2D eigenvalue weighted by Crippen LogP contribution is -2.04. The minimum atomic E-state index is -4.43. The molecule has 130 valence electrons. The summed E-state index contributed by atoms with van der Waals surface area (Å²) < 4.78 is 58.5. The van der Waals surface area contributed by atoms with Crippen molar-refractivity contribution in [3.63, 3.8) is 0 Å². The highest BCUT2D eigenvalue weighted by atomic mass is 32.2. The van der Waals surface area contributed by atoms with Crippen LogP contribution in [0.1, 0.15) is 11.1 Å². The molecule has 0 aliphatic carbocycles. The summed E-state index contributed by atoms with van der Waals surface area (Å²) in [6.45, 7) is 0. The predicted octanol–water partition coefficient (Wildman–Crippen LogP) is 3.57. The number of rotatable bonds is 1. The Bertz CT molecular complexity index is 944. The van der Waals surface area contributed by atoms with Crippen molar-refractivity contribution in [1.29, 1.82) is 5.26 Å². The molecule has 0 saturated heterocycles. The number of anilines is 1. The molecule has 3 N–H and O–H groups in total. The summed E-state index contributed by atoms with van der Waals surface area (Å²) in [4.78, 5) is 2.45. The van der Waals surface area contributed by atoms with E-state index in [9.17, 15) is 21.9 Å². The molecule has 9 heteroatoms. The lowest BCUT2D eigenvalue weighted by Gasteiger charge is -2.07. The SMILES string of the molecule is N#Cc1ccc(N)cc1.O=S([O-])c1c[nH]c2cc(C(F)(F)F)ccc12. The molecule has 1 unspecified atom stereocenters. The third-order valence-corrected chi connectivity index (χ3v) is 3.89. The van der Waals surface area contributed by atoms with E-state index in [0.29, 0.717) is 11.3 Å². The fraction of sp³-hybridized carbons (Fsp3) is 0.0625. The van der Waals surface area contributed by atoms with Crippen LogP contribution < -0.4 is 5.73 Å². The van der Waals surface area contributed by atoms with Crippen molar-refractivity contribution in [1.82, 2.24) is 4.98 Å². The lowest BCUT2D eigenvalue weighted by molar-refractivity contribution is -0.137. The molecule has 0 spiro atoms. The highest BCUT2D eigenvalue weighted by Gasteiger charge is 2.30. The summed E-state index contributed by atoms with van der Waals surface area (Å²) in [5.41, 5.74) is 6.04. The van der Waals surface area contributed by atoms with Crippen molar-refractivity contribution in [3.05, 3.63) is 59.8 Å². The summed E-state index contributed by atoms with van der Waals surface area (Å²) in [5.74, 6) is 0. The molecule has 0 radical (unpaired) electrons. The average molecular weight is 366 g/mol. The molecule has 0 amide bonds. The number of aromatic nitrogens is 1. The summed E-state index contributed by atoms with van der Waals surface area (Å²) in [7, 11) is 0. The van der Waals surface area contributed by atoms with E-state index in [1.54, 1.807) is 24.3 Å². The first-order chi connectivity index (χ1) is 11.7. The Kier molecular flexibility index (Phi) is 5.46. The van der Waals surface area contributed by atoms with Crippen LogP contribution in [0.3, 0.4) is 0 Å². The van der Waals surface area contributed by atoms with Gasteiger partial charge in [0.2, 0.25) is 0 Å². The third kappa shape index (κ3) is 4.59. The Hall–Kier alpha value is -2.83. The topological polar surface area (TPSA) is 106 Å². The van der Waals surface area contributed by atoms with E-state index >= 15 is 0 Å². The molecule has 0 fully saturated rings. The summed E-state index contributed by atoms with van der Waals surface area (Å²) in [5, 5.41) is 8.59. The predicted molar refractivity (Wildman–Crippen MR) is 86.1 cm³/mol. The van der Waals surface area contributed by atoms with Crippen molar-refractivity contribution in [2.75, 3.05) is 5.73 Å². The summed E-state index contributed by atoms with van der Waals surface area (Å²) in [6.07, 6.45) is -3.27. The quantitative estimate of drug-likeness (QED) is 0.507. The van der Waals surface area contributed by atoms with Crippen LogP contribution in [0.25, 0.3) is 10.9 Å². The van der Waals surface area contributed by atoms with E-state index < -0.39 is 22.8 Å². The number of nitrogens with zero attached hydrogens (tertiary/aromatic N) is 1. The maximum atomic E-state index is 12.3. The first kappa shape index (κ1) is 18.5. The molecule has 2 aromatic carbocycles. The van der Waals surface area contributed by atoms with E-state index in [2.05, 4.69) is 4.98 Å². The molecule has 1 heterocycles. The summed E-state index contributed by atoms with van der Waals surface area (Å²) in [6, 6.07) is 11.7. The Morgan fingerprint density at radius 3 is 2.32 bits per heavy atom. The number of benzene rings is 2. The molecule has 3 rings (SSSR count). The zero-order chi connectivity index (χ0) is 18.6. The van der Waals surface area contributed by atoms with Gasteiger partial charge in [0, 0.05) is 22.8 Å². The number of fused-ring (bicyclic) bond motifs is 1. The highest BCUT2D eigenvalue weighted by Crippen LogP contribution is 2.32. The standard InChI is InChI=1S/C9H6F3NO2S.C7H6N2/c10-9(11,12)5-1-2-6-7(3-5)13-4-8(6)16(14)15;8-5-6-1-3-7(9)4-2-6/h1-4,13H,(H,14,15);1-4H,9H2/p-1. The number of hydrogen-bond acceptors (Lipinski definition) is 4. The van der Waals surface area contributed by atoms with E-state index in [-0.39, 0.29) is 15.8 Å². The van der Waals surface area contributed by atoms with Crippen molar-refractivity contribution in [2.45, 2.75) is 11.1 Å². The van der Waals surface area contributed by atoms with E-state index in [1.165, 1.54) is 0 Å². The van der Waals surface area contributed by atoms with Crippen LogP contribution in [0.5, 0.6) is 0 Å². The number of H-pyrrole nitrogens is 1. The van der Waals surface area contributed by atoms with E-state index in [0.717, 1.165) is 24.4 Å². The zero-order valence-electron chi connectivity index (χ0n) is 12.5. The van der Waals surface area contributed by atoms with Crippen LogP contribution in [0.4, 0.5) is 18.9 Å². The maximum absolute atomic E-state index is 12.3. The minimum Gasteiger partial charge on any atom is -0.768 e. The van der Waals surface area contributed by atoms with E-state index in [1.807, 2.05) is 6.07 Å². The molecule has 0 saturated carbocycles. The fourth-order valence-electron chi connectivity index (χ4n) is 1.97. The zero-order valence-corrected chi connectivity index (χ0v) is 13.3. The van der Waals surface area contributed by atoms with Gasteiger partial charge in [-0.05, 0) is 47.5 Å². The van der Waals surface area contributed by atoms with Crippen LogP contribution in [-0.2, 0) is 17.3 Å². The van der Waals surface area contributed by atoms with Gasteiger partial charge in [-0.25, -0.2) is 0 Å². The monoisotopic (exact) mass is 366 g/mol. The molecule has 5 nitrogen and oxygen atoms in total. The normalized spacial score (nSPS) is 12.1. The van der Waals surface area contributed by atoms with Crippen molar-refractivity contribution < 1.29 is 21.9 Å². The number of alkyl halides is 3. The van der Waals surface area contributed by atoms with Crippen LogP contribution >= 0.6 is 0 Å². The number of halogens is 3. The molecular weight excluding hydrogens is 355 g/mol. The number of nitrogens with one attached hydrogen (secondary N) is 1. The Morgan fingerprint density at radius 1 is 1.16 bits per heavy atom. The van der Waals surface area contributed by atoms with Crippen LogP contribution in [0.15, 0.2) is 53.6 Å². The van der Waals surface area contributed by atoms with Crippen molar-refractivity contribution >= 4 is 27.7 Å². The van der Waals surface area contributed by atoms with Gasteiger partial charge in [0.1, 0.15) is 0 Å². The number of hydrogen-bond donors (Lipinski definition) is 2. The molecule has 1 atom stereocenters. The molecule has 3 aromatic rings. The van der Waals surface area contributed by atoms with Crippen molar-refractivity contribution in [2.24, 2.45) is 0 Å². The van der Waals surface area contributed by atoms with Gasteiger partial charge < -0.3 is 15.3 Å². The first-order valence-corrected chi connectivity index (χ1v) is 7.83. The second-order valence-corrected chi connectivity index (χ2v) is 5.79. The Morgan fingerprint density at radius 2 is 1.80 bits per heavy atom. The van der Waals surface area contributed by atoms with Gasteiger partial charge in [-0.2, -0.15) is 18.4 Å². The van der Waals surface area contributed by atoms with Gasteiger partial charge in [0.15, 0.2) is 0 Å². The number of aromatic amines is 1. The molecule has 25 heavy (non-hydrogen) atoms. The van der Waals surface area contributed by atoms with Crippen LogP contribution in [0, 0.1) is 11.3 Å². The third-order valence-electron chi connectivity index (χ3n) is 3.19. The Labute approximate surface area is 143 Å². The van der Waals surface area contributed by atoms with Gasteiger partial charge >= 0.3 is 6.18 Å². The minimum absolute atomic E-state index is 0.0382. The number of nitrogens with two attached hydrogens (primary N) is 1. The van der Waals surface area contributed by atoms with Crippen molar-refractivity contribution in [3.8, 4) is 6.07 Å². The number of nitrogen functional groups attached to an aromatic ring is 1. The molecule has 0 aliphatic rings.